The first kappa shape index (κ1) is 17.0. The largest absolute Gasteiger partial charge is 0.497 e. The summed E-state index contributed by atoms with van der Waals surface area (Å²) in [5.74, 6) is 0.442. The van der Waals surface area contributed by atoms with Crippen LogP contribution in [0.4, 0.5) is 0 Å². The number of ether oxygens (including phenoxy) is 2. The van der Waals surface area contributed by atoms with Crippen molar-refractivity contribution in [2.75, 3.05) is 14.2 Å². The molecule has 2 aromatic carbocycles. The molecule has 0 radical (unpaired) electrons. The maximum atomic E-state index is 11.6. The Morgan fingerprint density at radius 3 is 2.52 bits per heavy atom. The lowest BCUT2D eigenvalue weighted by atomic mass is 10.1. The summed E-state index contributed by atoms with van der Waals surface area (Å²) < 4.78 is 12.1. The first-order chi connectivity index (χ1) is 12.1. The molecule has 25 heavy (non-hydrogen) atoms. The number of benzene rings is 2. The third kappa shape index (κ3) is 3.67. The standard InChI is InChI=1S/C20H22N2O3/c1-24-16-9-7-14(8-10-16)12-22-13-15(11-18(21)20(23)25-2)17-5-3-4-6-19(17)22/h3-10,13,18H,11-12,21H2,1-2H3. The number of hydrogen-bond donors (Lipinski definition) is 1. The van der Waals surface area contributed by atoms with Gasteiger partial charge in [-0.1, -0.05) is 30.3 Å². The van der Waals surface area contributed by atoms with E-state index in [9.17, 15) is 4.79 Å². The molecule has 0 amide bonds. The molecule has 0 aliphatic heterocycles. The number of nitrogens with two attached hydrogens (primary N) is 1. The minimum atomic E-state index is -0.662. The van der Waals surface area contributed by atoms with Gasteiger partial charge in [-0.2, -0.15) is 0 Å². The third-order valence-electron chi connectivity index (χ3n) is 4.33. The minimum absolute atomic E-state index is 0.396. The van der Waals surface area contributed by atoms with Crippen LogP contribution in [-0.4, -0.2) is 30.8 Å². The first-order valence-electron chi connectivity index (χ1n) is 8.15. The number of carbonyl (C=O) groups is 1. The number of esters is 1. The zero-order chi connectivity index (χ0) is 17.8. The number of methoxy groups -OCH3 is 2. The highest BCUT2D eigenvalue weighted by molar-refractivity contribution is 5.85. The Bertz CT molecular complexity index is 868. The molecule has 1 heterocycles. The van der Waals surface area contributed by atoms with E-state index in [1.165, 1.54) is 12.7 Å². The van der Waals surface area contributed by atoms with Gasteiger partial charge in [0.1, 0.15) is 11.8 Å². The monoisotopic (exact) mass is 338 g/mol. The van der Waals surface area contributed by atoms with Crippen molar-refractivity contribution in [2.45, 2.75) is 19.0 Å². The molecule has 0 spiro atoms. The highest BCUT2D eigenvalue weighted by atomic mass is 16.5. The Hall–Kier alpha value is -2.79. The summed E-state index contributed by atoms with van der Waals surface area (Å²) in [5, 5.41) is 1.11. The second-order valence-corrected chi connectivity index (χ2v) is 5.98. The van der Waals surface area contributed by atoms with Gasteiger partial charge < -0.3 is 19.8 Å². The van der Waals surface area contributed by atoms with E-state index < -0.39 is 12.0 Å². The molecule has 0 saturated carbocycles. The lowest BCUT2D eigenvalue weighted by molar-refractivity contribution is -0.142. The van der Waals surface area contributed by atoms with E-state index in [2.05, 4.69) is 22.9 Å². The fraction of sp³-hybridized carbons (Fsp3) is 0.250. The van der Waals surface area contributed by atoms with Crippen LogP contribution in [0, 0.1) is 0 Å². The molecular formula is C20H22N2O3. The van der Waals surface area contributed by atoms with Crippen LogP contribution in [0.25, 0.3) is 10.9 Å². The molecule has 1 aromatic heterocycles. The van der Waals surface area contributed by atoms with Crippen molar-refractivity contribution in [3.05, 3.63) is 65.9 Å². The lowest BCUT2D eigenvalue weighted by Gasteiger charge is -2.08. The molecule has 3 rings (SSSR count). The zero-order valence-electron chi connectivity index (χ0n) is 14.4. The summed E-state index contributed by atoms with van der Waals surface area (Å²) in [5.41, 5.74) is 9.28. The number of hydrogen-bond acceptors (Lipinski definition) is 4. The van der Waals surface area contributed by atoms with Crippen molar-refractivity contribution in [3.8, 4) is 5.75 Å². The minimum Gasteiger partial charge on any atom is -0.497 e. The van der Waals surface area contributed by atoms with E-state index in [-0.39, 0.29) is 0 Å². The maximum absolute atomic E-state index is 11.6. The number of nitrogens with zero attached hydrogens (tertiary/aromatic N) is 1. The van der Waals surface area contributed by atoms with Gasteiger partial charge in [0.05, 0.1) is 14.2 Å². The molecule has 3 aromatic rings. The molecule has 0 fully saturated rings. The van der Waals surface area contributed by atoms with Gasteiger partial charge in [0.15, 0.2) is 0 Å². The predicted molar refractivity (Wildman–Crippen MR) is 97.7 cm³/mol. The smallest absolute Gasteiger partial charge is 0.322 e. The lowest BCUT2D eigenvalue weighted by Crippen LogP contribution is -2.33. The van der Waals surface area contributed by atoms with Gasteiger partial charge in [-0.15, -0.1) is 0 Å². The van der Waals surface area contributed by atoms with E-state index >= 15 is 0 Å². The second kappa shape index (κ2) is 7.40. The molecule has 130 valence electrons. The van der Waals surface area contributed by atoms with Gasteiger partial charge in [0.25, 0.3) is 0 Å². The van der Waals surface area contributed by atoms with E-state index in [4.69, 9.17) is 15.2 Å². The van der Waals surface area contributed by atoms with Crippen LogP contribution in [0.1, 0.15) is 11.1 Å². The molecule has 5 heteroatoms. The van der Waals surface area contributed by atoms with Gasteiger partial charge >= 0.3 is 5.97 Å². The van der Waals surface area contributed by atoms with Gasteiger partial charge in [-0.25, -0.2) is 0 Å². The van der Waals surface area contributed by atoms with Crippen molar-refractivity contribution < 1.29 is 14.3 Å². The summed E-state index contributed by atoms with van der Waals surface area (Å²) in [4.78, 5) is 11.6. The number of para-hydroxylation sites is 1. The third-order valence-corrected chi connectivity index (χ3v) is 4.33. The van der Waals surface area contributed by atoms with Crippen LogP contribution >= 0.6 is 0 Å². The molecule has 2 N–H and O–H groups in total. The summed E-state index contributed by atoms with van der Waals surface area (Å²) in [6.07, 6.45) is 2.51. The summed E-state index contributed by atoms with van der Waals surface area (Å²) in [6, 6.07) is 15.5. The molecule has 1 atom stereocenters. The number of aromatic nitrogens is 1. The average Bonchev–Trinajstić information content (AvgIpc) is 2.99. The topological polar surface area (TPSA) is 66.5 Å². The summed E-state index contributed by atoms with van der Waals surface area (Å²) in [7, 11) is 3.01. The fourth-order valence-corrected chi connectivity index (χ4v) is 3.02. The maximum Gasteiger partial charge on any atom is 0.322 e. The van der Waals surface area contributed by atoms with Crippen LogP contribution in [-0.2, 0) is 22.5 Å². The van der Waals surface area contributed by atoms with E-state index in [1.54, 1.807) is 7.11 Å². The molecular weight excluding hydrogens is 316 g/mol. The van der Waals surface area contributed by atoms with Crippen LogP contribution in [0.2, 0.25) is 0 Å². The Morgan fingerprint density at radius 1 is 1.12 bits per heavy atom. The fourth-order valence-electron chi connectivity index (χ4n) is 3.02. The average molecular weight is 338 g/mol. The Morgan fingerprint density at radius 2 is 1.84 bits per heavy atom. The van der Waals surface area contributed by atoms with Gasteiger partial charge in [-0.05, 0) is 29.3 Å². The van der Waals surface area contributed by atoms with Crippen molar-refractivity contribution in [3.63, 3.8) is 0 Å². The van der Waals surface area contributed by atoms with Gasteiger partial charge in [-0.3, -0.25) is 4.79 Å². The van der Waals surface area contributed by atoms with Crippen molar-refractivity contribution in [2.24, 2.45) is 5.73 Å². The Balaban J connectivity index is 1.91. The molecule has 0 aliphatic rings. The predicted octanol–water partition coefficient (Wildman–Crippen LogP) is 2.74. The van der Waals surface area contributed by atoms with E-state index in [0.717, 1.165) is 28.8 Å². The summed E-state index contributed by atoms with van der Waals surface area (Å²) in [6.45, 7) is 0.734. The molecule has 0 saturated heterocycles. The van der Waals surface area contributed by atoms with Gasteiger partial charge in [0, 0.05) is 30.1 Å². The highest BCUT2D eigenvalue weighted by Gasteiger charge is 2.17. The number of rotatable bonds is 6. The van der Waals surface area contributed by atoms with Crippen molar-refractivity contribution >= 4 is 16.9 Å². The Kier molecular flexibility index (Phi) is 5.05. The van der Waals surface area contributed by atoms with Crippen LogP contribution in [0.3, 0.4) is 0 Å². The molecule has 1 unspecified atom stereocenters. The van der Waals surface area contributed by atoms with E-state index in [0.29, 0.717) is 6.42 Å². The quantitative estimate of drug-likeness (QED) is 0.702. The Labute approximate surface area is 147 Å². The van der Waals surface area contributed by atoms with Crippen molar-refractivity contribution in [1.82, 2.24) is 4.57 Å². The number of fused-ring (bicyclic) bond motifs is 1. The molecule has 5 nitrogen and oxygen atoms in total. The van der Waals surface area contributed by atoms with Crippen molar-refractivity contribution in [1.29, 1.82) is 0 Å². The van der Waals surface area contributed by atoms with Crippen LogP contribution in [0.5, 0.6) is 5.75 Å². The molecule has 0 bridgehead atoms. The first-order valence-corrected chi connectivity index (χ1v) is 8.15. The SMILES string of the molecule is COC(=O)C(N)Cc1cn(Cc2ccc(OC)cc2)c2ccccc12. The normalized spacial score (nSPS) is 12.1. The van der Waals surface area contributed by atoms with Crippen LogP contribution < -0.4 is 10.5 Å². The number of carbonyl (C=O) groups excluding carboxylic acids is 1. The van der Waals surface area contributed by atoms with Gasteiger partial charge in [0.2, 0.25) is 0 Å². The molecule has 0 aliphatic carbocycles. The van der Waals surface area contributed by atoms with Crippen LogP contribution in [0.15, 0.2) is 54.7 Å². The zero-order valence-corrected chi connectivity index (χ0v) is 14.4. The highest BCUT2D eigenvalue weighted by Crippen LogP contribution is 2.24. The van der Waals surface area contributed by atoms with E-state index in [1.807, 2.05) is 36.4 Å². The second-order valence-electron chi connectivity index (χ2n) is 5.98. The summed E-state index contributed by atoms with van der Waals surface area (Å²) >= 11 is 0.